The van der Waals surface area contributed by atoms with Crippen LogP contribution < -0.4 is 0 Å². The molecule has 1 heterocycles. The van der Waals surface area contributed by atoms with Gasteiger partial charge >= 0.3 is 0 Å². The third-order valence-electron chi connectivity index (χ3n) is 3.37. The van der Waals surface area contributed by atoms with E-state index in [2.05, 4.69) is 0 Å². The molecule has 0 saturated heterocycles. The molecule has 0 saturated carbocycles. The number of carbonyl (C=O) groups excluding carboxylic acids is 1. The van der Waals surface area contributed by atoms with E-state index in [4.69, 9.17) is 0 Å². The molecule has 2 rings (SSSR count). The van der Waals surface area contributed by atoms with Crippen LogP contribution in [-0.2, 0) is 6.54 Å². The third-order valence-corrected chi connectivity index (χ3v) is 3.37. The van der Waals surface area contributed by atoms with Crippen molar-refractivity contribution in [1.82, 2.24) is 9.47 Å². The van der Waals surface area contributed by atoms with Gasteiger partial charge in [-0.3, -0.25) is 4.79 Å². The Bertz CT molecular complexity index is 587. The number of likely N-dealkylation sites (N-methyl/N-ethyl adjacent to an activating group) is 1. The predicted octanol–water partition coefficient (Wildman–Crippen LogP) is 1.68. The van der Waals surface area contributed by atoms with Crippen molar-refractivity contribution in [2.45, 2.75) is 19.6 Å². The molecule has 0 aliphatic heterocycles. The normalized spacial score (nSPS) is 13.1. The molecule has 1 atom stereocenters. The van der Waals surface area contributed by atoms with Crippen molar-refractivity contribution in [2.75, 3.05) is 20.6 Å². The van der Waals surface area contributed by atoms with E-state index < -0.39 is 6.10 Å². The van der Waals surface area contributed by atoms with E-state index in [9.17, 15) is 9.90 Å². The minimum Gasteiger partial charge on any atom is -0.390 e. The largest absolute Gasteiger partial charge is 0.390 e. The van der Waals surface area contributed by atoms with E-state index in [1.807, 2.05) is 54.8 Å². The van der Waals surface area contributed by atoms with Gasteiger partial charge in [-0.2, -0.15) is 0 Å². The van der Waals surface area contributed by atoms with Crippen LogP contribution in [0.4, 0.5) is 0 Å². The van der Waals surface area contributed by atoms with Crippen LogP contribution in [0.1, 0.15) is 16.1 Å². The van der Waals surface area contributed by atoms with E-state index in [0.717, 1.165) is 22.9 Å². The van der Waals surface area contributed by atoms with Crippen LogP contribution >= 0.6 is 0 Å². The Balaban J connectivity index is 2.42. The van der Waals surface area contributed by atoms with Crippen molar-refractivity contribution >= 4 is 17.2 Å². The molecule has 0 amide bonds. The first kappa shape index (κ1) is 13.8. The molecule has 102 valence electrons. The van der Waals surface area contributed by atoms with Crippen LogP contribution in [0, 0.1) is 6.92 Å². The molecule has 0 aliphatic rings. The molecule has 1 aromatic heterocycles. The van der Waals surface area contributed by atoms with Gasteiger partial charge in [-0.15, -0.1) is 0 Å². The van der Waals surface area contributed by atoms with Gasteiger partial charge in [-0.1, -0.05) is 18.2 Å². The van der Waals surface area contributed by atoms with Crippen LogP contribution in [0.3, 0.4) is 0 Å². The van der Waals surface area contributed by atoms with Gasteiger partial charge in [0.25, 0.3) is 0 Å². The highest BCUT2D eigenvalue weighted by Crippen LogP contribution is 2.24. The molecule has 0 fully saturated rings. The number of carbonyl (C=O) groups is 1. The van der Waals surface area contributed by atoms with Gasteiger partial charge in [-0.25, -0.2) is 0 Å². The van der Waals surface area contributed by atoms with Crippen molar-refractivity contribution in [1.29, 1.82) is 0 Å². The summed E-state index contributed by atoms with van der Waals surface area (Å²) in [5.74, 6) is 0. The van der Waals surface area contributed by atoms with Gasteiger partial charge in [0.15, 0.2) is 6.29 Å². The molecule has 4 nitrogen and oxygen atoms in total. The summed E-state index contributed by atoms with van der Waals surface area (Å²) in [6, 6.07) is 7.80. The van der Waals surface area contributed by atoms with E-state index in [1.54, 1.807) is 0 Å². The fourth-order valence-electron chi connectivity index (χ4n) is 2.53. The van der Waals surface area contributed by atoms with E-state index in [-0.39, 0.29) is 0 Å². The molecule has 4 heteroatoms. The second-order valence-electron chi connectivity index (χ2n) is 5.16. The first-order valence-corrected chi connectivity index (χ1v) is 6.40. The summed E-state index contributed by atoms with van der Waals surface area (Å²) in [4.78, 5) is 13.2. The quantitative estimate of drug-likeness (QED) is 0.832. The van der Waals surface area contributed by atoms with Crippen molar-refractivity contribution in [3.05, 3.63) is 35.5 Å². The topological polar surface area (TPSA) is 45.5 Å². The Labute approximate surface area is 113 Å². The number of aldehydes is 1. The Morgan fingerprint density at radius 2 is 2.05 bits per heavy atom. The summed E-state index contributed by atoms with van der Waals surface area (Å²) in [7, 11) is 3.86. The van der Waals surface area contributed by atoms with Gasteiger partial charge < -0.3 is 14.6 Å². The lowest BCUT2D eigenvalue weighted by molar-refractivity contribution is 0.111. The molecule has 1 N–H and O–H groups in total. The zero-order chi connectivity index (χ0) is 14.0. The highest BCUT2D eigenvalue weighted by atomic mass is 16.3. The van der Waals surface area contributed by atoms with Crippen molar-refractivity contribution in [2.24, 2.45) is 0 Å². The number of benzene rings is 1. The number of fused-ring (bicyclic) bond motifs is 1. The number of hydrogen-bond acceptors (Lipinski definition) is 3. The van der Waals surface area contributed by atoms with E-state index >= 15 is 0 Å². The molecule has 0 unspecified atom stereocenters. The van der Waals surface area contributed by atoms with Gasteiger partial charge in [0.1, 0.15) is 0 Å². The fraction of sp³-hybridized carbons (Fsp3) is 0.400. The number of aliphatic hydroxyl groups excluding tert-OH is 1. The third kappa shape index (κ3) is 2.69. The zero-order valence-electron chi connectivity index (χ0n) is 11.6. The first-order valence-electron chi connectivity index (χ1n) is 6.40. The lowest BCUT2D eigenvalue weighted by Gasteiger charge is -2.18. The lowest BCUT2D eigenvalue weighted by Crippen LogP contribution is -2.29. The smallest absolute Gasteiger partial charge is 0.152 e. The Hall–Kier alpha value is -1.65. The highest BCUT2D eigenvalue weighted by molar-refractivity contribution is 5.99. The first-order chi connectivity index (χ1) is 9.04. The van der Waals surface area contributed by atoms with E-state index in [0.29, 0.717) is 18.7 Å². The molecular weight excluding hydrogens is 240 g/mol. The number of aromatic nitrogens is 1. The summed E-state index contributed by atoms with van der Waals surface area (Å²) in [6.07, 6.45) is 0.441. The van der Waals surface area contributed by atoms with Crippen LogP contribution in [0.25, 0.3) is 10.9 Å². The Morgan fingerprint density at radius 3 is 2.68 bits per heavy atom. The van der Waals surface area contributed by atoms with Crippen LogP contribution in [0.2, 0.25) is 0 Å². The molecule has 0 spiro atoms. The maximum absolute atomic E-state index is 11.2. The monoisotopic (exact) mass is 260 g/mol. The van der Waals surface area contributed by atoms with Crippen LogP contribution in [-0.4, -0.2) is 47.6 Å². The van der Waals surface area contributed by atoms with Crippen molar-refractivity contribution in [3.63, 3.8) is 0 Å². The second kappa shape index (κ2) is 5.55. The zero-order valence-corrected chi connectivity index (χ0v) is 11.6. The molecule has 0 bridgehead atoms. The minimum atomic E-state index is -0.455. The Kier molecular flexibility index (Phi) is 4.02. The average molecular weight is 260 g/mol. The average Bonchev–Trinajstić information content (AvgIpc) is 2.61. The standard InChI is InChI=1S/C15H20N2O2/c1-11-14(10-18)13-6-4-5-7-15(13)17(11)9-12(19)8-16(2)3/h4-7,10,12,19H,8-9H2,1-3H3/t12-/m1/s1. The number of para-hydroxylation sites is 1. The van der Waals surface area contributed by atoms with Gasteiger partial charge in [-0.05, 0) is 27.1 Å². The van der Waals surface area contributed by atoms with E-state index in [1.165, 1.54) is 0 Å². The fourth-order valence-corrected chi connectivity index (χ4v) is 2.53. The predicted molar refractivity (Wildman–Crippen MR) is 76.6 cm³/mol. The summed E-state index contributed by atoms with van der Waals surface area (Å²) in [5.41, 5.74) is 2.63. The number of aliphatic hydroxyl groups is 1. The number of nitrogens with zero attached hydrogens (tertiary/aromatic N) is 2. The summed E-state index contributed by atoms with van der Waals surface area (Å²) in [6.45, 7) is 3.02. The molecule has 19 heavy (non-hydrogen) atoms. The summed E-state index contributed by atoms with van der Waals surface area (Å²) >= 11 is 0. The van der Waals surface area contributed by atoms with Crippen molar-refractivity contribution < 1.29 is 9.90 Å². The van der Waals surface area contributed by atoms with Gasteiger partial charge in [0, 0.05) is 28.7 Å². The maximum atomic E-state index is 11.2. The van der Waals surface area contributed by atoms with Crippen LogP contribution in [0.15, 0.2) is 24.3 Å². The molecule has 2 aromatic rings. The molecule has 0 radical (unpaired) electrons. The second-order valence-corrected chi connectivity index (χ2v) is 5.16. The maximum Gasteiger partial charge on any atom is 0.152 e. The number of rotatable bonds is 5. The Morgan fingerprint density at radius 1 is 1.37 bits per heavy atom. The number of hydrogen-bond donors (Lipinski definition) is 1. The summed E-state index contributed by atoms with van der Waals surface area (Å²) in [5, 5.41) is 11.0. The molecule has 1 aromatic carbocycles. The highest BCUT2D eigenvalue weighted by Gasteiger charge is 2.15. The van der Waals surface area contributed by atoms with Crippen LogP contribution in [0.5, 0.6) is 0 Å². The summed E-state index contributed by atoms with van der Waals surface area (Å²) < 4.78 is 2.02. The lowest BCUT2D eigenvalue weighted by atomic mass is 10.1. The van der Waals surface area contributed by atoms with Gasteiger partial charge in [0.2, 0.25) is 0 Å². The SMILES string of the molecule is Cc1c(C=O)c2ccccc2n1C[C@H](O)CN(C)C. The van der Waals surface area contributed by atoms with Crippen molar-refractivity contribution in [3.8, 4) is 0 Å². The molecule has 0 aliphatic carbocycles. The minimum absolute atomic E-state index is 0.455. The van der Waals surface area contributed by atoms with Gasteiger partial charge in [0.05, 0.1) is 12.6 Å². The molecular formula is C15H20N2O2.